The molecule has 1 N–H and O–H groups in total. The summed E-state index contributed by atoms with van der Waals surface area (Å²) in [5.41, 5.74) is 5.27. The molecular formula is C23H27NO2. The fourth-order valence-corrected chi connectivity index (χ4v) is 4.22. The number of anilines is 1. The topological polar surface area (TPSA) is 30.5 Å². The van der Waals surface area contributed by atoms with Gasteiger partial charge in [0.25, 0.3) is 0 Å². The minimum absolute atomic E-state index is 0.354. The molecule has 3 unspecified atom stereocenters. The summed E-state index contributed by atoms with van der Waals surface area (Å²) >= 11 is 0. The minimum atomic E-state index is 0.354. The van der Waals surface area contributed by atoms with Crippen LogP contribution < -0.4 is 10.1 Å². The normalized spacial score (nSPS) is 23.2. The molecule has 0 saturated heterocycles. The molecule has 4 rings (SSSR count). The van der Waals surface area contributed by atoms with Gasteiger partial charge in [-0.1, -0.05) is 42.0 Å². The molecule has 3 atom stereocenters. The molecule has 0 aromatic heterocycles. The monoisotopic (exact) mass is 349 g/mol. The van der Waals surface area contributed by atoms with E-state index in [0.717, 1.165) is 18.8 Å². The molecule has 136 valence electrons. The Balaban J connectivity index is 1.58. The second-order valence-corrected chi connectivity index (χ2v) is 7.18. The third kappa shape index (κ3) is 3.36. The van der Waals surface area contributed by atoms with Gasteiger partial charge in [0.05, 0.1) is 12.6 Å². The number of hydrogen-bond acceptors (Lipinski definition) is 3. The lowest BCUT2D eigenvalue weighted by Gasteiger charge is -2.37. The average molecular weight is 349 g/mol. The van der Waals surface area contributed by atoms with Crippen LogP contribution in [0.15, 0.2) is 54.6 Å². The molecule has 1 aliphatic heterocycles. The summed E-state index contributed by atoms with van der Waals surface area (Å²) in [7, 11) is 0. The maximum absolute atomic E-state index is 5.87. The standard InChI is InChI=1S/C23H27NO2/c1-3-25-12-13-26-18-10-11-22-21(15-18)19-8-5-9-20(19)23(24-22)17-7-4-6-16(2)14-17/h4-8,10-11,14-15,19-20,23-24H,3,9,12-13H2,1-2H3. The summed E-state index contributed by atoms with van der Waals surface area (Å²) in [5.74, 6) is 1.94. The molecule has 0 radical (unpaired) electrons. The van der Waals surface area contributed by atoms with E-state index in [1.807, 2.05) is 6.92 Å². The Morgan fingerprint density at radius 1 is 1.12 bits per heavy atom. The van der Waals surface area contributed by atoms with Gasteiger partial charge in [0.1, 0.15) is 12.4 Å². The molecule has 0 bridgehead atoms. The second kappa shape index (κ2) is 7.55. The lowest BCUT2D eigenvalue weighted by Crippen LogP contribution is -2.29. The SMILES string of the molecule is CCOCCOc1ccc2c(c1)C1C=CCC1C(c1cccc(C)c1)N2. The van der Waals surface area contributed by atoms with Gasteiger partial charge in [-0.2, -0.15) is 0 Å². The highest BCUT2D eigenvalue weighted by Crippen LogP contribution is 2.50. The van der Waals surface area contributed by atoms with Gasteiger partial charge in [-0.25, -0.2) is 0 Å². The van der Waals surface area contributed by atoms with Crippen LogP contribution >= 0.6 is 0 Å². The lowest BCUT2D eigenvalue weighted by atomic mass is 9.77. The van der Waals surface area contributed by atoms with Gasteiger partial charge in [-0.15, -0.1) is 0 Å². The fourth-order valence-electron chi connectivity index (χ4n) is 4.22. The van der Waals surface area contributed by atoms with Gasteiger partial charge in [0.2, 0.25) is 0 Å². The van der Waals surface area contributed by atoms with E-state index in [0.29, 0.717) is 31.1 Å². The fraction of sp³-hybridized carbons (Fsp3) is 0.391. The van der Waals surface area contributed by atoms with E-state index < -0.39 is 0 Å². The highest BCUT2D eigenvalue weighted by Gasteiger charge is 2.38. The highest BCUT2D eigenvalue weighted by atomic mass is 16.5. The maximum Gasteiger partial charge on any atom is 0.119 e. The van der Waals surface area contributed by atoms with Crippen molar-refractivity contribution >= 4 is 5.69 Å². The van der Waals surface area contributed by atoms with Crippen molar-refractivity contribution in [3.05, 3.63) is 71.3 Å². The molecule has 1 heterocycles. The van der Waals surface area contributed by atoms with Crippen LogP contribution in [0.3, 0.4) is 0 Å². The number of hydrogen-bond donors (Lipinski definition) is 1. The van der Waals surface area contributed by atoms with Crippen LogP contribution in [0.5, 0.6) is 5.75 Å². The molecule has 26 heavy (non-hydrogen) atoms. The third-order valence-electron chi connectivity index (χ3n) is 5.44. The van der Waals surface area contributed by atoms with Crippen LogP contribution in [0.2, 0.25) is 0 Å². The van der Waals surface area contributed by atoms with Crippen LogP contribution in [0.4, 0.5) is 5.69 Å². The molecule has 0 fully saturated rings. The van der Waals surface area contributed by atoms with Gasteiger partial charge in [-0.05, 0) is 55.5 Å². The first-order valence-electron chi connectivity index (χ1n) is 9.60. The Morgan fingerprint density at radius 2 is 2.04 bits per heavy atom. The van der Waals surface area contributed by atoms with Crippen LogP contribution in [-0.4, -0.2) is 19.8 Å². The van der Waals surface area contributed by atoms with Gasteiger partial charge in [0.15, 0.2) is 0 Å². The number of fused-ring (bicyclic) bond motifs is 3. The van der Waals surface area contributed by atoms with E-state index >= 15 is 0 Å². The maximum atomic E-state index is 5.87. The highest BCUT2D eigenvalue weighted by molar-refractivity contribution is 5.61. The van der Waals surface area contributed by atoms with E-state index in [2.05, 4.69) is 66.9 Å². The largest absolute Gasteiger partial charge is 0.491 e. The van der Waals surface area contributed by atoms with Crippen LogP contribution in [-0.2, 0) is 4.74 Å². The summed E-state index contributed by atoms with van der Waals surface area (Å²) in [6.45, 7) is 6.12. The Labute approximate surface area is 156 Å². The third-order valence-corrected chi connectivity index (χ3v) is 5.44. The number of rotatable bonds is 6. The zero-order chi connectivity index (χ0) is 17.9. The van der Waals surface area contributed by atoms with Gasteiger partial charge >= 0.3 is 0 Å². The predicted molar refractivity (Wildman–Crippen MR) is 106 cm³/mol. The van der Waals surface area contributed by atoms with Gasteiger partial charge < -0.3 is 14.8 Å². The number of nitrogens with one attached hydrogen (secondary N) is 1. The molecule has 3 heteroatoms. The lowest BCUT2D eigenvalue weighted by molar-refractivity contribution is 0.110. The first-order chi connectivity index (χ1) is 12.8. The summed E-state index contributed by atoms with van der Waals surface area (Å²) in [6.07, 6.45) is 5.82. The van der Waals surface area contributed by atoms with Crippen molar-refractivity contribution in [3.63, 3.8) is 0 Å². The number of ether oxygens (including phenoxy) is 2. The summed E-state index contributed by atoms with van der Waals surface area (Å²) in [5, 5.41) is 3.80. The van der Waals surface area contributed by atoms with Crippen molar-refractivity contribution < 1.29 is 9.47 Å². The van der Waals surface area contributed by atoms with E-state index in [9.17, 15) is 0 Å². The molecule has 1 aliphatic carbocycles. The molecule has 3 nitrogen and oxygen atoms in total. The Morgan fingerprint density at radius 3 is 2.88 bits per heavy atom. The first kappa shape index (κ1) is 17.2. The van der Waals surface area contributed by atoms with Crippen LogP contribution in [0.25, 0.3) is 0 Å². The summed E-state index contributed by atoms with van der Waals surface area (Å²) in [4.78, 5) is 0. The Kier molecular flexibility index (Phi) is 4.98. The molecule has 0 spiro atoms. The first-order valence-corrected chi connectivity index (χ1v) is 9.60. The zero-order valence-electron chi connectivity index (χ0n) is 15.6. The van der Waals surface area contributed by atoms with Crippen molar-refractivity contribution in [2.75, 3.05) is 25.1 Å². The summed E-state index contributed by atoms with van der Waals surface area (Å²) in [6, 6.07) is 15.7. The number of aryl methyl sites for hydroxylation is 1. The zero-order valence-corrected chi connectivity index (χ0v) is 15.6. The van der Waals surface area contributed by atoms with Crippen LogP contribution in [0.1, 0.15) is 42.0 Å². The average Bonchev–Trinajstić information content (AvgIpc) is 3.15. The van der Waals surface area contributed by atoms with Crippen LogP contribution in [0, 0.1) is 12.8 Å². The van der Waals surface area contributed by atoms with Crippen molar-refractivity contribution in [1.82, 2.24) is 0 Å². The van der Waals surface area contributed by atoms with E-state index in [1.165, 1.54) is 22.4 Å². The van der Waals surface area contributed by atoms with Crippen molar-refractivity contribution in [3.8, 4) is 5.75 Å². The Bertz CT molecular complexity index is 799. The van der Waals surface area contributed by atoms with Crippen molar-refractivity contribution in [2.24, 2.45) is 5.92 Å². The Hall–Kier alpha value is -2.26. The molecule has 2 aliphatic rings. The van der Waals surface area contributed by atoms with E-state index in [4.69, 9.17) is 9.47 Å². The van der Waals surface area contributed by atoms with E-state index in [1.54, 1.807) is 0 Å². The van der Waals surface area contributed by atoms with E-state index in [-0.39, 0.29) is 0 Å². The number of benzene rings is 2. The molecular weight excluding hydrogens is 322 g/mol. The second-order valence-electron chi connectivity index (χ2n) is 7.18. The number of allylic oxidation sites excluding steroid dienone is 2. The van der Waals surface area contributed by atoms with Crippen molar-refractivity contribution in [1.29, 1.82) is 0 Å². The smallest absolute Gasteiger partial charge is 0.119 e. The molecule has 0 saturated carbocycles. The molecule has 2 aromatic carbocycles. The molecule has 2 aromatic rings. The van der Waals surface area contributed by atoms with Gasteiger partial charge in [0, 0.05) is 18.2 Å². The van der Waals surface area contributed by atoms with Gasteiger partial charge in [-0.3, -0.25) is 0 Å². The van der Waals surface area contributed by atoms with Crippen molar-refractivity contribution in [2.45, 2.75) is 32.2 Å². The molecule has 0 amide bonds. The predicted octanol–water partition coefficient (Wildman–Crippen LogP) is 5.24. The summed E-state index contributed by atoms with van der Waals surface area (Å²) < 4.78 is 11.2. The minimum Gasteiger partial charge on any atom is -0.491 e. The quantitative estimate of drug-likeness (QED) is 0.572.